The molecule has 1 unspecified atom stereocenters. The van der Waals surface area contributed by atoms with Gasteiger partial charge in [-0.3, -0.25) is 24.6 Å². The van der Waals surface area contributed by atoms with Crippen molar-refractivity contribution in [2.75, 3.05) is 18.6 Å². The monoisotopic (exact) mass is 551 g/mol. The minimum atomic E-state index is -1.16. The molecule has 2 aromatic carbocycles. The van der Waals surface area contributed by atoms with Crippen molar-refractivity contribution in [2.45, 2.75) is 32.7 Å². The van der Waals surface area contributed by atoms with Crippen LogP contribution >= 0.6 is 11.3 Å². The van der Waals surface area contributed by atoms with Gasteiger partial charge in [0.2, 0.25) is 0 Å². The van der Waals surface area contributed by atoms with E-state index < -0.39 is 34.4 Å². The normalized spacial score (nSPS) is 16.4. The summed E-state index contributed by atoms with van der Waals surface area (Å²) in [5.41, 5.74) is 0.486. The van der Waals surface area contributed by atoms with Crippen molar-refractivity contribution in [1.82, 2.24) is 4.98 Å². The summed E-state index contributed by atoms with van der Waals surface area (Å²) in [6.07, 6.45) is 1.86. The van der Waals surface area contributed by atoms with E-state index >= 15 is 0 Å². The van der Waals surface area contributed by atoms with Crippen LogP contribution in [-0.2, 0) is 14.3 Å². The third-order valence-corrected chi connectivity index (χ3v) is 7.26. The van der Waals surface area contributed by atoms with Crippen molar-refractivity contribution in [1.29, 1.82) is 0 Å². The molecule has 1 atom stereocenters. The number of benzene rings is 2. The Morgan fingerprint density at radius 3 is 2.41 bits per heavy atom. The average Bonchev–Trinajstić information content (AvgIpc) is 3.44. The van der Waals surface area contributed by atoms with Crippen LogP contribution in [0.25, 0.3) is 5.76 Å². The topological polar surface area (TPSA) is 149 Å². The fourth-order valence-corrected chi connectivity index (χ4v) is 5.10. The zero-order valence-corrected chi connectivity index (χ0v) is 22.2. The van der Waals surface area contributed by atoms with Crippen molar-refractivity contribution in [2.24, 2.45) is 0 Å². The minimum absolute atomic E-state index is 0.0390. The number of ketones is 1. The quantitative estimate of drug-likeness (QED) is 0.0741. The Morgan fingerprint density at radius 1 is 1.15 bits per heavy atom. The summed E-state index contributed by atoms with van der Waals surface area (Å²) in [6.45, 7) is 4.15. The van der Waals surface area contributed by atoms with E-state index in [2.05, 4.69) is 4.98 Å². The Morgan fingerprint density at radius 2 is 1.82 bits per heavy atom. The van der Waals surface area contributed by atoms with Crippen molar-refractivity contribution in [3.63, 3.8) is 0 Å². The molecule has 0 spiro atoms. The number of methoxy groups -OCH3 is 1. The number of aromatic nitrogens is 1. The Kier molecular flexibility index (Phi) is 8.05. The molecule has 0 bridgehead atoms. The highest BCUT2D eigenvalue weighted by atomic mass is 32.1. The van der Waals surface area contributed by atoms with Gasteiger partial charge in [0.15, 0.2) is 5.13 Å². The summed E-state index contributed by atoms with van der Waals surface area (Å²) >= 11 is 0.861. The fourth-order valence-electron chi connectivity index (χ4n) is 4.09. The van der Waals surface area contributed by atoms with Gasteiger partial charge in [-0.25, -0.2) is 9.78 Å². The number of nitrogens with zero attached hydrogens (tertiary/aromatic N) is 3. The standard InChI is InChI=1S/C27H25N3O8S/c1-4-5-14-38-19-12-8-17(9-13-19)22(31)20-21(16-6-10-18(11-7-16)30(35)36)29(25(33)23(20)32)27-28-15(2)24(39-27)26(34)37-3/h6-13,21,31H,4-5,14H2,1-3H3. The van der Waals surface area contributed by atoms with Crippen LogP contribution in [0, 0.1) is 17.0 Å². The number of Topliss-reactive ketones (excluding diaryl/α,β-unsaturated/α-hetero) is 1. The number of aliphatic hydroxyl groups is 1. The number of rotatable bonds is 9. The first-order valence-electron chi connectivity index (χ1n) is 12.0. The lowest BCUT2D eigenvalue weighted by atomic mass is 9.95. The van der Waals surface area contributed by atoms with Crippen molar-refractivity contribution in [3.8, 4) is 5.75 Å². The van der Waals surface area contributed by atoms with E-state index in [9.17, 15) is 29.6 Å². The van der Waals surface area contributed by atoms with Crippen LogP contribution < -0.4 is 9.64 Å². The van der Waals surface area contributed by atoms with E-state index in [0.717, 1.165) is 29.1 Å². The van der Waals surface area contributed by atoms with E-state index in [1.165, 1.54) is 31.4 Å². The Balaban J connectivity index is 1.83. The molecule has 1 saturated heterocycles. The second-order valence-corrected chi connectivity index (χ2v) is 9.62. The van der Waals surface area contributed by atoms with Crippen molar-refractivity contribution >= 4 is 45.6 Å². The highest BCUT2D eigenvalue weighted by Crippen LogP contribution is 2.44. The van der Waals surface area contributed by atoms with Crippen LogP contribution in [0.1, 0.15) is 52.3 Å². The number of aliphatic hydroxyl groups excluding tert-OH is 1. The van der Waals surface area contributed by atoms with E-state index in [1.54, 1.807) is 31.2 Å². The minimum Gasteiger partial charge on any atom is -0.507 e. The molecule has 12 heteroatoms. The molecule has 1 aliphatic rings. The Hall–Kier alpha value is -4.58. The van der Waals surface area contributed by atoms with Crippen LogP contribution in [0.15, 0.2) is 54.1 Å². The number of thiazole rings is 1. The number of non-ortho nitro benzene ring substituents is 1. The van der Waals surface area contributed by atoms with E-state index in [0.29, 0.717) is 23.6 Å². The highest BCUT2D eigenvalue weighted by molar-refractivity contribution is 7.17. The Labute approximate surface area is 227 Å². The summed E-state index contributed by atoms with van der Waals surface area (Å²) in [5.74, 6) is -2.43. The number of hydrogen-bond donors (Lipinski definition) is 1. The molecular formula is C27H25N3O8S. The zero-order chi connectivity index (χ0) is 28.3. The van der Waals surface area contributed by atoms with Crippen LogP contribution in [0.3, 0.4) is 0 Å². The lowest BCUT2D eigenvalue weighted by molar-refractivity contribution is -0.384. The van der Waals surface area contributed by atoms with E-state index in [4.69, 9.17) is 9.47 Å². The molecule has 39 heavy (non-hydrogen) atoms. The molecule has 1 fully saturated rings. The maximum absolute atomic E-state index is 13.3. The molecule has 1 aliphatic heterocycles. The molecule has 0 radical (unpaired) electrons. The zero-order valence-electron chi connectivity index (χ0n) is 21.4. The van der Waals surface area contributed by atoms with Gasteiger partial charge in [0.1, 0.15) is 16.4 Å². The SMILES string of the molecule is CCCCOc1ccc(C(O)=C2C(=O)C(=O)N(c3nc(C)c(C(=O)OC)s3)C2c2ccc([N+](=O)[O-])cc2)cc1. The number of ether oxygens (including phenoxy) is 2. The summed E-state index contributed by atoms with van der Waals surface area (Å²) in [6, 6.07) is 10.6. The van der Waals surface area contributed by atoms with Crippen LogP contribution in [0.2, 0.25) is 0 Å². The largest absolute Gasteiger partial charge is 0.507 e. The van der Waals surface area contributed by atoms with Gasteiger partial charge < -0.3 is 14.6 Å². The molecule has 0 aliphatic carbocycles. The lowest BCUT2D eigenvalue weighted by Crippen LogP contribution is -2.29. The van der Waals surface area contributed by atoms with Crippen LogP contribution in [0.5, 0.6) is 5.75 Å². The van der Waals surface area contributed by atoms with E-state index in [-0.39, 0.29) is 26.8 Å². The highest BCUT2D eigenvalue weighted by Gasteiger charge is 2.48. The number of nitro groups is 1. The van der Waals surface area contributed by atoms with Crippen molar-refractivity contribution in [3.05, 3.63) is 85.9 Å². The molecule has 11 nitrogen and oxygen atoms in total. The van der Waals surface area contributed by atoms with Gasteiger partial charge >= 0.3 is 11.9 Å². The molecule has 0 saturated carbocycles. The lowest BCUT2D eigenvalue weighted by Gasteiger charge is -2.23. The summed E-state index contributed by atoms with van der Waals surface area (Å²) in [7, 11) is 1.21. The van der Waals surface area contributed by atoms with Crippen LogP contribution in [0.4, 0.5) is 10.8 Å². The summed E-state index contributed by atoms with van der Waals surface area (Å²) in [4.78, 5) is 55.0. The number of unbranched alkanes of at least 4 members (excludes halogenated alkanes) is 1. The van der Waals surface area contributed by atoms with Gasteiger partial charge in [-0.2, -0.15) is 0 Å². The average molecular weight is 552 g/mol. The smallest absolute Gasteiger partial charge is 0.350 e. The number of aryl methyl sites for hydroxylation is 1. The number of nitro benzene ring substituents is 1. The second-order valence-electron chi connectivity index (χ2n) is 8.65. The van der Waals surface area contributed by atoms with Gasteiger partial charge in [-0.05, 0) is 55.3 Å². The maximum Gasteiger partial charge on any atom is 0.350 e. The van der Waals surface area contributed by atoms with Gasteiger partial charge in [-0.1, -0.05) is 24.7 Å². The predicted molar refractivity (Wildman–Crippen MR) is 143 cm³/mol. The number of carbonyl (C=O) groups is 3. The third kappa shape index (κ3) is 5.36. The molecule has 4 rings (SSSR count). The van der Waals surface area contributed by atoms with Crippen molar-refractivity contribution < 1.29 is 33.9 Å². The third-order valence-electron chi connectivity index (χ3n) is 6.12. The number of carbonyl (C=O) groups excluding carboxylic acids is 3. The molecule has 2 heterocycles. The summed E-state index contributed by atoms with van der Waals surface area (Å²) in [5, 5.41) is 22.5. The number of anilines is 1. The molecule has 3 aromatic rings. The molecule has 1 N–H and O–H groups in total. The van der Waals surface area contributed by atoms with Gasteiger partial charge in [0.25, 0.3) is 11.5 Å². The first kappa shape index (κ1) is 27.5. The predicted octanol–water partition coefficient (Wildman–Crippen LogP) is 4.95. The number of hydrogen-bond acceptors (Lipinski definition) is 10. The second kappa shape index (κ2) is 11.4. The van der Waals surface area contributed by atoms with E-state index in [1.807, 2.05) is 6.92 Å². The molecule has 1 aromatic heterocycles. The maximum atomic E-state index is 13.3. The first-order chi connectivity index (χ1) is 18.7. The first-order valence-corrected chi connectivity index (χ1v) is 12.8. The molecule has 202 valence electrons. The molecule has 1 amide bonds. The fraction of sp³-hybridized carbons (Fsp3) is 0.259. The number of amides is 1. The Bertz CT molecular complexity index is 1460. The van der Waals surface area contributed by atoms with Gasteiger partial charge in [-0.15, -0.1) is 0 Å². The van der Waals surface area contributed by atoms with Gasteiger partial charge in [0.05, 0.1) is 35.9 Å². The summed E-state index contributed by atoms with van der Waals surface area (Å²) < 4.78 is 10.4. The van der Waals surface area contributed by atoms with Gasteiger partial charge in [0, 0.05) is 17.7 Å². The van der Waals surface area contributed by atoms with Crippen LogP contribution in [-0.4, -0.2) is 46.4 Å². The number of esters is 1. The molecular weight excluding hydrogens is 526 g/mol.